The van der Waals surface area contributed by atoms with Gasteiger partial charge in [0.05, 0.1) is 22.9 Å². The number of nitrogen functional groups attached to an aromatic ring is 1. The van der Waals surface area contributed by atoms with Crippen LogP contribution in [0.4, 0.5) is 11.5 Å². The highest BCUT2D eigenvalue weighted by molar-refractivity contribution is 9.10. The fourth-order valence-corrected chi connectivity index (χ4v) is 2.12. The van der Waals surface area contributed by atoms with E-state index in [1.54, 1.807) is 12.3 Å². The van der Waals surface area contributed by atoms with Crippen molar-refractivity contribution in [3.05, 3.63) is 16.7 Å². The van der Waals surface area contributed by atoms with Crippen LogP contribution in [-0.2, 0) is 4.79 Å². The molecule has 3 N–H and O–H groups in total. The zero-order valence-corrected chi connectivity index (χ0v) is 9.62. The van der Waals surface area contributed by atoms with E-state index in [0.29, 0.717) is 18.8 Å². The molecule has 0 aliphatic carbocycles. The first-order valence-corrected chi connectivity index (χ1v) is 5.39. The largest absolute Gasteiger partial charge is 0.397 e. The topological polar surface area (TPSA) is 71.2 Å². The van der Waals surface area contributed by atoms with Crippen LogP contribution in [0.15, 0.2) is 16.7 Å². The average molecular weight is 271 g/mol. The van der Waals surface area contributed by atoms with Crippen LogP contribution in [0, 0.1) is 0 Å². The van der Waals surface area contributed by atoms with E-state index in [2.05, 4.69) is 26.2 Å². The number of nitrogens with zero attached hydrogens (tertiary/aromatic N) is 2. The van der Waals surface area contributed by atoms with Crippen LogP contribution in [-0.4, -0.2) is 30.5 Å². The van der Waals surface area contributed by atoms with Gasteiger partial charge in [0.25, 0.3) is 0 Å². The molecule has 0 unspecified atom stereocenters. The number of piperazine rings is 1. The molecule has 1 fully saturated rings. The van der Waals surface area contributed by atoms with Crippen LogP contribution in [0.25, 0.3) is 0 Å². The fraction of sp³-hybridized carbons (Fsp3) is 0.333. The molecule has 0 bridgehead atoms. The molecule has 15 heavy (non-hydrogen) atoms. The second kappa shape index (κ2) is 4.06. The van der Waals surface area contributed by atoms with Crippen molar-refractivity contribution in [3.8, 4) is 0 Å². The SMILES string of the molecule is Nc1cnc(N2CCNC(=O)C2)c(Br)c1. The normalized spacial score (nSPS) is 16.3. The zero-order chi connectivity index (χ0) is 10.8. The van der Waals surface area contributed by atoms with Gasteiger partial charge in [-0.3, -0.25) is 4.79 Å². The van der Waals surface area contributed by atoms with Crippen LogP contribution in [0.1, 0.15) is 0 Å². The van der Waals surface area contributed by atoms with Crippen molar-refractivity contribution in [2.75, 3.05) is 30.3 Å². The summed E-state index contributed by atoms with van der Waals surface area (Å²) in [5.41, 5.74) is 6.20. The van der Waals surface area contributed by atoms with Crippen molar-refractivity contribution in [2.45, 2.75) is 0 Å². The number of carbonyl (C=O) groups is 1. The monoisotopic (exact) mass is 270 g/mol. The number of aromatic nitrogens is 1. The highest BCUT2D eigenvalue weighted by atomic mass is 79.9. The second-order valence-electron chi connectivity index (χ2n) is 3.35. The minimum Gasteiger partial charge on any atom is -0.397 e. The van der Waals surface area contributed by atoms with Crippen LogP contribution >= 0.6 is 15.9 Å². The highest BCUT2D eigenvalue weighted by Gasteiger charge is 2.19. The average Bonchev–Trinajstić information content (AvgIpc) is 2.17. The molecule has 1 saturated heterocycles. The summed E-state index contributed by atoms with van der Waals surface area (Å²) in [6.45, 7) is 1.76. The third-order valence-electron chi connectivity index (χ3n) is 2.18. The van der Waals surface area contributed by atoms with E-state index in [9.17, 15) is 4.79 Å². The van der Waals surface area contributed by atoms with Gasteiger partial charge in [0.2, 0.25) is 5.91 Å². The van der Waals surface area contributed by atoms with Crippen molar-refractivity contribution in [1.29, 1.82) is 0 Å². The smallest absolute Gasteiger partial charge is 0.239 e. The molecule has 5 nitrogen and oxygen atoms in total. The van der Waals surface area contributed by atoms with Gasteiger partial charge in [-0.2, -0.15) is 0 Å². The lowest BCUT2D eigenvalue weighted by atomic mass is 10.3. The molecule has 1 aliphatic heterocycles. The second-order valence-corrected chi connectivity index (χ2v) is 4.20. The van der Waals surface area contributed by atoms with Gasteiger partial charge in [-0.1, -0.05) is 0 Å². The van der Waals surface area contributed by atoms with Crippen LogP contribution in [0.2, 0.25) is 0 Å². The number of hydrogen-bond acceptors (Lipinski definition) is 4. The van der Waals surface area contributed by atoms with Gasteiger partial charge in [-0.05, 0) is 22.0 Å². The standard InChI is InChI=1S/C9H11BrN4O/c10-7-3-6(11)4-13-9(7)14-2-1-12-8(15)5-14/h3-4H,1-2,5,11H2,(H,12,15). The maximum atomic E-state index is 11.2. The Morgan fingerprint density at radius 2 is 2.40 bits per heavy atom. The minimum absolute atomic E-state index is 0.0202. The number of nitrogens with two attached hydrogens (primary N) is 1. The molecule has 1 amide bonds. The number of anilines is 2. The molecule has 2 rings (SSSR count). The van der Waals surface area contributed by atoms with E-state index in [4.69, 9.17) is 5.73 Å². The molecule has 2 heterocycles. The Bertz CT molecular complexity index is 396. The Morgan fingerprint density at radius 1 is 1.60 bits per heavy atom. The first-order chi connectivity index (χ1) is 7.16. The summed E-state index contributed by atoms with van der Waals surface area (Å²) in [4.78, 5) is 17.3. The van der Waals surface area contributed by atoms with Gasteiger partial charge in [0, 0.05) is 13.1 Å². The van der Waals surface area contributed by atoms with Crippen LogP contribution in [0.3, 0.4) is 0 Å². The predicted octanol–water partition coefficient (Wildman–Crippen LogP) is 0.362. The first kappa shape index (κ1) is 10.2. The summed E-state index contributed by atoms with van der Waals surface area (Å²) >= 11 is 3.39. The molecule has 0 aromatic carbocycles. The van der Waals surface area contributed by atoms with Crippen molar-refractivity contribution >= 4 is 33.3 Å². The summed E-state index contributed by atoms with van der Waals surface area (Å²) in [6.07, 6.45) is 1.59. The van der Waals surface area contributed by atoms with Crippen molar-refractivity contribution in [1.82, 2.24) is 10.3 Å². The van der Waals surface area contributed by atoms with Gasteiger partial charge in [-0.15, -0.1) is 0 Å². The van der Waals surface area contributed by atoms with E-state index in [1.807, 2.05) is 4.90 Å². The third kappa shape index (κ3) is 2.20. The molecule has 80 valence electrons. The van der Waals surface area contributed by atoms with Gasteiger partial charge in [-0.25, -0.2) is 4.98 Å². The Morgan fingerprint density at radius 3 is 3.07 bits per heavy atom. The summed E-state index contributed by atoms with van der Waals surface area (Å²) < 4.78 is 0.817. The number of amides is 1. The van der Waals surface area contributed by atoms with Crippen LogP contribution in [0.5, 0.6) is 0 Å². The first-order valence-electron chi connectivity index (χ1n) is 4.59. The number of carbonyl (C=O) groups excluding carboxylic acids is 1. The quantitative estimate of drug-likeness (QED) is 0.773. The lowest BCUT2D eigenvalue weighted by molar-refractivity contribution is -0.120. The summed E-state index contributed by atoms with van der Waals surface area (Å²) in [6, 6.07) is 1.79. The van der Waals surface area contributed by atoms with Crippen molar-refractivity contribution < 1.29 is 4.79 Å². The van der Waals surface area contributed by atoms with Gasteiger partial charge in [0.15, 0.2) is 0 Å². The van der Waals surface area contributed by atoms with E-state index in [1.165, 1.54) is 0 Å². The lowest BCUT2D eigenvalue weighted by Crippen LogP contribution is -2.48. The van der Waals surface area contributed by atoms with E-state index in [0.717, 1.165) is 16.8 Å². The molecule has 0 saturated carbocycles. The van der Waals surface area contributed by atoms with E-state index >= 15 is 0 Å². The maximum Gasteiger partial charge on any atom is 0.239 e. The lowest BCUT2D eigenvalue weighted by Gasteiger charge is -2.28. The number of rotatable bonds is 1. The number of halogens is 1. The van der Waals surface area contributed by atoms with Crippen LogP contribution < -0.4 is 16.0 Å². The van der Waals surface area contributed by atoms with Gasteiger partial charge >= 0.3 is 0 Å². The highest BCUT2D eigenvalue weighted by Crippen LogP contribution is 2.25. The minimum atomic E-state index is 0.0202. The van der Waals surface area contributed by atoms with Crippen molar-refractivity contribution in [2.24, 2.45) is 0 Å². The third-order valence-corrected chi connectivity index (χ3v) is 2.76. The van der Waals surface area contributed by atoms with Crippen molar-refractivity contribution in [3.63, 3.8) is 0 Å². The molecular formula is C9H11BrN4O. The molecule has 1 aliphatic rings. The molecular weight excluding hydrogens is 260 g/mol. The Hall–Kier alpha value is -1.30. The van der Waals surface area contributed by atoms with Gasteiger partial charge in [0.1, 0.15) is 5.82 Å². The molecule has 0 spiro atoms. The number of nitrogens with one attached hydrogen (secondary N) is 1. The molecule has 1 aromatic heterocycles. The molecule has 0 atom stereocenters. The molecule has 6 heteroatoms. The molecule has 1 aromatic rings. The summed E-state index contributed by atoms with van der Waals surface area (Å²) in [7, 11) is 0. The fourth-order valence-electron chi connectivity index (χ4n) is 1.50. The Labute approximate surface area is 95.8 Å². The number of hydrogen-bond donors (Lipinski definition) is 2. The summed E-state index contributed by atoms with van der Waals surface area (Å²) in [5.74, 6) is 0.783. The Balaban J connectivity index is 2.24. The Kier molecular flexibility index (Phi) is 2.77. The summed E-state index contributed by atoms with van der Waals surface area (Å²) in [5, 5.41) is 2.76. The number of pyridine rings is 1. The maximum absolute atomic E-state index is 11.2. The predicted molar refractivity (Wildman–Crippen MR) is 61.6 cm³/mol. The van der Waals surface area contributed by atoms with E-state index < -0.39 is 0 Å². The van der Waals surface area contributed by atoms with E-state index in [-0.39, 0.29) is 5.91 Å². The molecule has 0 radical (unpaired) electrons. The van der Waals surface area contributed by atoms with Gasteiger partial charge < -0.3 is 16.0 Å². The zero-order valence-electron chi connectivity index (χ0n) is 8.03.